The number of carbonyl (C=O) groups is 1. The van der Waals surface area contributed by atoms with Crippen molar-refractivity contribution in [2.75, 3.05) is 45.0 Å². The van der Waals surface area contributed by atoms with Crippen LogP contribution in [0.25, 0.3) is 5.65 Å². The van der Waals surface area contributed by atoms with E-state index in [1.165, 1.54) is 19.3 Å². The van der Waals surface area contributed by atoms with Crippen molar-refractivity contribution < 1.29 is 9.90 Å². The minimum atomic E-state index is -0.369. The molecule has 176 valence electrons. The highest BCUT2D eigenvalue weighted by molar-refractivity contribution is 6.33. The third kappa shape index (κ3) is 5.20. The third-order valence-corrected chi connectivity index (χ3v) is 7.17. The molecule has 0 aromatic carbocycles. The molecule has 0 bridgehead atoms. The lowest BCUT2D eigenvalue weighted by atomic mass is 9.96. The van der Waals surface area contributed by atoms with Crippen LogP contribution in [0, 0.1) is 5.92 Å². The van der Waals surface area contributed by atoms with Gasteiger partial charge in [0.25, 0.3) is 5.91 Å². The Morgan fingerprint density at radius 3 is 2.69 bits per heavy atom. The maximum atomic E-state index is 12.9. The maximum absolute atomic E-state index is 12.9. The molecule has 4 rings (SSSR count). The van der Waals surface area contributed by atoms with Crippen LogP contribution in [-0.2, 0) is 6.42 Å². The Hall–Kier alpha value is -1.87. The van der Waals surface area contributed by atoms with Gasteiger partial charge in [-0.1, -0.05) is 24.9 Å². The number of anilines is 1. The van der Waals surface area contributed by atoms with Gasteiger partial charge in [0.1, 0.15) is 12.0 Å². The third-order valence-electron chi connectivity index (χ3n) is 6.87. The standard InChI is InChI=1S/C23H35ClN6O2/c1-2-17-14-30-21(25)19(24)12-18(22(30)27-17)23(32)26-13-16-6-10-28(11-7-16)15-20(31)29-8-4-3-5-9-29/h12,14,16,20,31H,2-11,13,15,25H2,1H3,(H,26,32). The number of pyridine rings is 1. The fourth-order valence-electron chi connectivity index (χ4n) is 4.79. The van der Waals surface area contributed by atoms with Crippen LogP contribution in [0.2, 0.25) is 5.02 Å². The van der Waals surface area contributed by atoms with Crippen LogP contribution in [-0.4, -0.2) is 75.7 Å². The Balaban J connectivity index is 1.29. The van der Waals surface area contributed by atoms with Gasteiger partial charge in [-0.15, -0.1) is 0 Å². The molecule has 2 fully saturated rings. The number of amides is 1. The zero-order chi connectivity index (χ0) is 22.7. The lowest BCUT2D eigenvalue weighted by Gasteiger charge is -2.37. The Morgan fingerprint density at radius 1 is 1.28 bits per heavy atom. The van der Waals surface area contributed by atoms with E-state index in [1.807, 2.05) is 13.1 Å². The number of aromatic nitrogens is 2. The highest BCUT2D eigenvalue weighted by Gasteiger charge is 2.25. The number of aliphatic hydroxyl groups is 1. The first-order chi connectivity index (χ1) is 15.5. The first-order valence-electron chi connectivity index (χ1n) is 11.8. The number of nitrogen functional groups attached to an aromatic ring is 1. The monoisotopic (exact) mass is 462 g/mol. The molecule has 4 heterocycles. The molecule has 1 atom stereocenters. The molecule has 32 heavy (non-hydrogen) atoms. The van der Waals surface area contributed by atoms with Gasteiger partial charge in [-0.3, -0.25) is 19.0 Å². The number of nitrogens with zero attached hydrogens (tertiary/aromatic N) is 4. The molecule has 1 unspecified atom stereocenters. The van der Waals surface area contributed by atoms with Gasteiger partial charge in [0.2, 0.25) is 0 Å². The first kappa shape index (κ1) is 23.3. The van der Waals surface area contributed by atoms with Crippen molar-refractivity contribution in [2.24, 2.45) is 5.92 Å². The summed E-state index contributed by atoms with van der Waals surface area (Å²) in [7, 11) is 0. The smallest absolute Gasteiger partial charge is 0.255 e. The molecule has 2 aliphatic rings. The molecular formula is C23H35ClN6O2. The number of hydrogen-bond donors (Lipinski definition) is 3. The van der Waals surface area contributed by atoms with E-state index in [2.05, 4.69) is 20.1 Å². The molecule has 0 saturated carbocycles. The molecule has 4 N–H and O–H groups in total. The molecule has 0 aliphatic carbocycles. The second-order valence-electron chi connectivity index (χ2n) is 9.10. The zero-order valence-electron chi connectivity index (χ0n) is 18.9. The van der Waals surface area contributed by atoms with Gasteiger partial charge < -0.3 is 16.2 Å². The van der Waals surface area contributed by atoms with Gasteiger partial charge in [0.15, 0.2) is 5.65 Å². The fraction of sp³-hybridized carbons (Fsp3) is 0.652. The SMILES string of the molecule is CCc1cn2c(N)c(Cl)cc(C(=O)NCC3CCN(CC(O)N4CCCCC4)CC3)c2n1. The average Bonchev–Trinajstić information content (AvgIpc) is 3.26. The van der Waals surface area contributed by atoms with Gasteiger partial charge in [0, 0.05) is 32.4 Å². The van der Waals surface area contributed by atoms with Crippen molar-refractivity contribution in [3.05, 3.63) is 28.5 Å². The first-order valence-corrected chi connectivity index (χ1v) is 12.2. The summed E-state index contributed by atoms with van der Waals surface area (Å²) in [6.07, 6.45) is 7.88. The number of fused-ring (bicyclic) bond motifs is 1. The number of rotatable bonds is 7. The van der Waals surface area contributed by atoms with Crippen molar-refractivity contribution in [1.29, 1.82) is 0 Å². The van der Waals surface area contributed by atoms with Gasteiger partial charge >= 0.3 is 0 Å². The Labute approximate surface area is 194 Å². The summed E-state index contributed by atoms with van der Waals surface area (Å²) < 4.78 is 1.70. The fourth-order valence-corrected chi connectivity index (χ4v) is 4.99. The van der Waals surface area contributed by atoms with E-state index < -0.39 is 0 Å². The summed E-state index contributed by atoms with van der Waals surface area (Å²) in [6.45, 7) is 7.24. The van der Waals surface area contributed by atoms with Gasteiger partial charge in [-0.2, -0.15) is 0 Å². The van der Waals surface area contributed by atoms with E-state index in [0.29, 0.717) is 41.1 Å². The Morgan fingerprint density at radius 2 is 2.00 bits per heavy atom. The number of β-amino-alcohol motifs (C(OH)–C–C–N with tert-alkyl or cyclic N) is 1. The molecule has 1 amide bonds. The molecule has 0 spiro atoms. The largest absolute Gasteiger partial charge is 0.384 e. The summed E-state index contributed by atoms with van der Waals surface area (Å²) >= 11 is 6.27. The number of nitrogens with two attached hydrogens (primary N) is 1. The van der Waals surface area contributed by atoms with E-state index in [-0.39, 0.29) is 12.1 Å². The predicted molar refractivity (Wildman–Crippen MR) is 127 cm³/mol. The average molecular weight is 463 g/mol. The molecule has 0 radical (unpaired) electrons. The van der Waals surface area contributed by atoms with Crippen LogP contribution in [0.3, 0.4) is 0 Å². The summed E-state index contributed by atoms with van der Waals surface area (Å²) in [4.78, 5) is 22.0. The Bertz CT molecular complexity index is 934. The number of hydrogen-bond acceptors (Lipinski definition) is 6. The van der Waals surface area contributed by atoms with Crippen molar-refractivity contribution in [1.82, 2.24) is 24.5 Å². The number of imidazole rings is 1. The number of aryl methyl sites for hydroxylation is 1. The molecule has 2 aromatic heterocycles. The number of aliphatic hydroxyl groups excluding tert-OH is 1. The normalized spacial score (nSPS) is 20.0. The molecule has 2 aromatic rings. The van der Waals surface area contributed by atoms with Crippen LogP contribution in [0.15, 0.2) is 12.3 Å². The van der Waals surface area contributed by atoms with E-state index in [4.69, 9.17) is 17.3 Å². The highest BCUT2D eigenvalue weighted by atomic mass is 35.5. The summed E-state index contributed by atoms with van der Waals surface area (Å²) in [5, 5.41) is 14.0. The van der Waals surface area contributed by atoms with E-state index in [1.54, 1.807) is 10.5 Å². The van der Waals surface area contributed by atoms with Crippen LogP contribution in [0.5, 0.6) is 0 Å². The quantitative estimate of drug-likeness (QED) is 0.584. The second kappa shape index (κ2) is 10.4. The van der Waals surface area contributed by atoms with Gasteiger partial charge in [0.05, 0.1) is 16.3 Å². The number of carbonyl (C=O) groups excluding carboxylic acids is 1. The minimum Gasteiger partial charge on any atom is -0.384 e. The predicted octanol–water partition coefficient (Wildman–Crippen LogP) is 2.38. The van der Waals surface area contributed by atoms with E-state index >= 15 is 0 Å². The second-order valence-corrected chi connectivity index (χ2v) is 9.51. The van der Waals surface area contributed by atoms with Crippen LogP contribution < -0.4 is 11.1 Å². The maximum Gasteiger partial charge on any atom is 0.255 e. The minimum absolute atomic E-state index is 0.173. The van der Waals surface area contributed by atoms with E-state index in [9.17, 15) is 9.90 Å². The van der Waals surface area contributed by atoms with Crippen LogP contribution in [0.4, 0.5) is 5.82 Å². The number of halogens is 1. The van der Waals surface area contributed by atoms with Crippen molar-refractivity contribution in [3.63, 3.8) is 0 Å². The summed E-state index contributed by atoms with van der Waals surface area (Å²) in [5.41, 5.74) is 7.94. The van der Waals surface area contributed by atoms with Crippen LogP contribution in [0.1, 0.15) is 55.1 Å². The van der Waals surface area contributed by atoms with E-state index in [0.717, 1.165) is 51.1 Å². The lowest BCUT2D eigenvalue weighted by Crippen LogP contribution is -2.48. The summed E-state index contributed by atoms with van der Waals surface area (Å²) in [6, 6.07) is 1.61. The topological polar surface area (TPSA) is 99.1 Å². The molecule has 2 saturated heterocycles. The van der Waals surface area contributed by atoms with Crippen molar-refractivity contribution in [3.8, 4) is 0 Å². The van der Waals surface area contributed by atoms with Crippen molar-refractivity contribution in [2.45, 2.75) is 51.7 Å². The highest BCUT2D eigenvalue weighted by Crippen LogP contribution is 2.25. The lowest BCUT2D eigenvalue weighted by molar-refractivity contribution is -0.0353. The van der Waals surface area contributed by atoms with Crippen LogP contribution >= 0.6 is 11.6 Å². The molecular weight excluding hydrogens is 428 g/mol. The Kier molecular flexibility index (Phi) is 7.55. The van der Waals surface area contributed by atoms with Crippen molar-refractivity contribution >= 4 is 29.0 Å². The van der Waals surface area contributed by atoms with Gasteiger partial charge in [-0.05, 0) is 57.2 Å². The number of likely N-dealkylation sites (tertiary alicyclic amines) is 2. The molecule has 2 aliphatic heterocycles. The van der Waals surface area contributed by atoms with Gasteiger partial charge in [-0.25, -0.2) is 4.98 Å². The molecule has 9 heteroatoms. The summed E-state index contributed by atoms with van der Waals surface area (Å²) in [5.74, 6) is 0.645. The number of piperidine rings is 2. The number of nitrogens with one attached hydrogen (secondary N) is 1. The zero-order valence-corrected chi connectivity index (χ0v) is 19.7. The molecule has 8 nitrogen and oxygen atoms in total.